The Balaban J connectivity index is 1.45. The second-order valence-electron chi connectivity index (χ2n) is 6.69. The molecule has 0 fully saturated rings. The number of hydrogen-bond acceptors (Lipinski definition) is 4. The van der Waals surface area contributed by atoms with E-state index >= 15 is 0 Å². The van der Waals surface area contributed by atoms with Crippen molar-refractivity contribution in [2.24, 2.45) is 4.99 Å². The summed E-state index contributed by atoms with van der Waals surface area (Å²) in [5, 5.41) is 0. The molecular weight excluding hydrogens is 392 g/mol. The summed E-state index contributed by atoms with van der Waals surface area (Å²) in [7, 11) is 1.41. The van der Waals surface area contributed by atoms with Crippen LogP contribution in [0.1, 0.15) is 41.1 Å². The molecule has 4 rings (SSSR count). The van der Waals surface area contributed by atoms with Crippen molar-refractivity contribution in [3.05, 3.63) is 69.6 Å². The first-order chi connectivity index (χ1) is 12.6. The van der Waals surface area contributed by atoms with Crippen LogP contribution in [-0.4, -0.2) is 23.8 Å². The van der Waals surface area contributed by atoms with Gasteiger partial charge < -0.3 is 4.74 Å². The molecule has 0 radical (unpaired) electrons. The summed E-state index contributed by atoms with van der Waals surface area (Å²) in [6, 6.07) is 10.2. The van der Waals surface area contributed by atoms with Gasteiger partial charge in [-0.25, -0.2) is 0 Å². The lowest BCUT2D eigenvalue weighted by Crippen LogP contribution is -2.09. The number of halogens is 1. The average molecular weight is 411 g/mol. The standard InChI is InChI=1S/C21H19BrN2O2/c1-26-20(25)8-13-2-4-14(5-3-13)16-10-19(23-11-16)18-7-6-15-9-17(22)12-24-21(15)18/h2-5,9,11-12,18H,6-8,10H2,1H3. The molecular formula is C21H19BrN2O2. The first-order valence-electron chi connectivity index (χ1n) is 8.70. The lowest BCUT2D eigenvalue weighted by Gasteiger charge is -2.12. The Labute approximate surface area is 161 Å². The lowest BCUT2D eigenvalue weighted by atomic mass is 9.93. The van der Waals surface area contributed by atoms with Crippen LogP contribution in [0, 0.1) is 0 Å². The van der Waals surface area contributed by atoms with Gasteiger partial charge in [0, 0.05) is 34.9 Å². The summed E-state index contributed by atoms with van der Waals surface area (Å²) in [6.07, 6.45) is 7.15. The summed E-state index contributed by atoms with van der Waals surface area (Å²) in [6.45, 7) is 0. The molecule has 1 aromatic heterocycles. The van der Waals surface area contributed by atoms with Crippen molar-refractivity contribution in [1.29, 1.82) is 0 Å². The number of nitrogens with zero attached hydrogens (tertiary/aromatic N) is 2. The molecule has 0 saturated carbocycles. The molecule has 1 aliphatic carbocycles. The minimum Gasteiger partial charge on any atom is -0.469 e. The fraction of sp³-hybridized carbons (Fsp3) is 0.286. The molecule has 0 amide bonds. The number of benzene rings is 1. The molecule has 4 nitrogen and oxygen atoms in total. The van der Waals surface area contributed by atoms with Gasteiger partial charge in [0.05, 0.1) is 19.2 Å². The highest BCUT2D eigenvalue weighted by molar-refractivity contribution is 9.10. The molecule has 0 spiro atoms. The van der Waals surface area contributed by atoms with E-state index in [9.17, 15) is 4.79 Å². The SMILES string of the molecule is COC(=O)Cc1ccc(C2=CN=C(C3CCc4cc(Br)cnc43)C2)cc1. The largest absolute Gasteiger partial charge is 0.469 e. The first-order valence-corrected chi connectivity index (χ1v) is 9.49. The van der Waals surface area contributed by atoms with Crippen LogP contribution in [0.25, 0.3) is 5.57 Å². The number of rotatable bonds is 4. The summed E-state index contributed by atoms with van der Waals surface area (Å²) >= 11 is 3.50. The van der Waals surface area contributed by atoms with Gasteiger partial charge in [-0.15, -0.1) is 0 Å². The van der Waals surface area contributed by atoms with Crippen molar-refractivity contribution in [1.82, 2.24) is 4.98 Å². The third-order valence-corrected chi connectivity index (χ3v) is 5.50. The van der Waals surface area contributed by atoms with E-state index in [0.717, 1.165) is 34.9 Å². The van der Waals surface area contributed by atoms with E-state index in [1.165, 1.54) is 29.7 Å². The Morgan fingerprint density at radius 2 is 2.12 bits per heavy atom. The van der Waals surface area contributed by atoms with Crippen molar-refractivity contribution in [3.63, 3.8) is 0 Å². The molecule has 1 atom stereocenters. The lowest BCUT2D eigenvalue weighted by molar-refractivity contribution is -0.139. The molecule has 1 aliphatic heterocycles. The highest BCUT2D eigenvalue weighted by atomic mass is 79.9. The van der Waals surface area contributed by atoms with Crippen LogP contribution >= 0.6 is 15.9 Å². The zero-order valence-electron chi connectivity index (χ0n) is 14.5. The van der Waals surface area contributed by atoms with Crippen LogP contribution in [0.15, 0.2) is 52.2 Å². The van der Waals surface area contributed by atoms with Gasteiger partial charge in [0.2, 0.25) is 0 Å². The molecule has 1 unspecified atom stereocenters. The van der Waals surface area contributed by atoms with E-state index in [1.54, 1.807) is 0 Å². The van der Waals surface area contributed by atoms with Crippen LogP contribution in [0.2, 0.25) is 0 Å². The number of methoxy groups -OCH3 is 1. The molecule has 2 aromatic rings. The van der Waals surface area contributed by atoms with Gasteiger partial charge in [0.25, 0.3) is 0 Å². The Hall–Kier alpha value is -2.27. The molecule has 2 aliphatic rings. The Morgan fingerprint density at radius 1 is 1.31 bits per heavy atom. The van der Waals surface area contributed by atoms with Crippen LogP contribution < -0.4 is 0 Å². The van der Waals surface area contributed by atoms with Crippen molar-refractivity contribution in [3.8, 4) is 0 Å². The number of carbonyl (C=O) groups excluding carboxylic acids is 1. The number of pyridine rings is 1. The van der Waals surface area contributed by atoms with Crippen molar-refractivity contribution in [2.75, 3.05) is 7.11 Å². The van der Waals surface area contributed by atoms with E-state index in [4.69, 9.17) is 9.73 Å². The quantitative estimate of drug-likeness (QED) is 0.698. The average Bonchev–Trinajstić information content (AvgIpc) is 3.28. The number of esters is 1. The Bertz CT molecular complexity index is 916. The van der Waals surface area contributed by atoms with Gasteiger partial charge in [0.15, 0.2) is 0 Å². The molecule has 132 valence electrons. The van der Waals surface area contributed by atoms with E-state index in [-0.39, 0.29) is 5.97 Å². The van der Waals surface area contributed by atoms with Crippen LogP contribution in [0.3, 0.4) is 0 Å². The van der Waals surface area contributed by atoms with Crippen LogP contribution in [-0.2, 0) is 22.4 Å². The van der Waals surface area contributed by atoms with Crippen molar-refractivity contribution >= 4 is 33.2 Å². The zero-order chi connectivity index (χ0) is 18.1. The second-order valence-corrected chi connectivity index (χ2v) is 7.61. The van der Waals surface area contributed by atoms with Crippen molar-refractivity contribution in [2.45, 2.75) is 31.6 Å². The number of aryl methyl sites for hydroxylation is 1. The normalized spacial score (nSPS) is 18.3. The summed E-state index contributed by atoms with van der Waals surface area (Å²) in [4.78, 5) is 20.7. The van der Waals surface area contributed by atoms with Gasteiger partial charge in [-0.1, -0.05) is 24.3 Å². The van der Waals surface area contributed by atoms with E-state index in [0.29, 0.717) is 12.3 Å². The number of ether oxygens (including phenoxy) is 1. The third kappa shape index (κ3) is 3.36. The topological polar surface area (TPSA) is 51.5 Å². The number of aliphatic imine (C=N–C) groups is 1. The third-order valence-electron chi connectivity index (χ3n) is 5.06. The highest BCUT2D eigenvalue weighted by Crippen LogP contribution is 2.38. The predicted molar refractivity (Wildman–Crippen MR) is 105 cm³/mol. The monoisotopic (exact) mass is 410 g/mol. The molecule has 5 heteroatoms. The van der Waals surface area contributed by atoms with E-state index < -0.39 is 0 Å². The minimum atomic E-state index is -0.220. The van der Waals surface area contributed by atoms with Crippen LogP contribution in [0.5, 0.6) is 0 Å². The number of hydrogen-bond donors (Lipinski definition) is 0. The van der Waals surface area contributed by atoms with Gasteiger partial charge >= 0.3 is 5.97 Å². The minimum absolute atomic E-state index is 0.220. The summed E-state index contributed by atoms with van der Waals surface area (Å²) < 4.78 is 5.75. The first kappa shape index (κ1) is 17.2. The molecule has 0 bridgehead atoms. The highest BCUT2D eigenvalue weighted by Gasteiger charge is 2.30. The molecule has 0 saturated heterocycles. The number of fused-ring (bicyclic) bond motifs is 1. The van der Waals surface area contributed by atoms with E-state index in [1.807, 2.05) is 24.5 Å². The maximum absolute atomic E-state index is 11.4. The van der Waals surface area contributed by atoms with Crippen LogP contribution in [0.4, 0.5) is 0 Å². The Morgan fingerprint density at radius 3 is 2.88 bits per heavy atom. The fourth-order valence-corrected chi connectivity index (χ4v) is 4.06. The number of aromatic nitrogens is 1. The Kier molecular flexibility index (Phi) is 4.72. The molecule has 2 heterocycles. The van der Waals surface area contributed by atoms with Gasteiger partial charge in [0.1, 0.15) is 0 Å². The predicted octanol–water partition coefficient (Wildman–Crippen LogP) is 4.48. The summed E-state index contributed by atoms with van der Waals surface area (Å²) in [5.41, 5.74) is 7.03. The number of carbonyl (C=O) groups is 1. The number of allylic oxidation sites excluding steroid dienone is 1. The van der Waals surface area contributed by atoms with Crippen molar-refractivity contribution < 1.29 is 9.53 Å². The molecule has 26 heavy (non-hydrogen) atoms. The molecule has 1 aromatic carbocycles. The summed E-state index contributed by atoms with van der Waals surface area (Å²) in [5.74, 6) is 0.105. The second kappa shape index (κ2) is 7.16. The van der Waals surface area contributed by atoms with Gasteiger partial charge in [-0.3, -0.25) is 14.8 Å². The maximum Gasteiger partial charge on any atom is 0.309 e. The molecule has 0 N–H and O–H groups in total. The smallest absolute Gasteiger partial charge is 0.309 e. The maximum atomic E-state index is 11.4. The van der Waals surface area contributed by atoms with E-state index in [2.05, 4.69) is 39.1 Å². The van der Waals surface area contributed by atoms with Gasteiger partial charge in [-0.05, 0) is 57.1 Å². The fourth-order valence-electron chi connectivity index (χ4n) is 3.68. The van der Waals surface area contributed by atoms with Gasteiger partial charge in [-0.2, -0.15) is 0 Å². The zero-order valence-corrected chi connectivity index (χ0v) is 16.1.